The van der Waals surface area contributed by atoms with Gasteiger partial charge in [0.05, 0.1) is 6.26 Å². The zero-order chi connectivity index (χ0) is 12.7. The minimum absolute atomic E-state index is 0.290. The number of nitrogens with two attached hydrogens (primary N) is 1. The third-order valence-electron chi connectivity index (χ3n) is 2.69. The minimum atomic E-state index is -4.82. The molecule has 92 valence electrons. The van der Waals surface area contributed by atoms with E-state index in [2.05, 4.69) is 0 Å². The zero-order valence-corrected chi connectivity index (χ0v) is 8.66. The molecule has 6 heteroatoms. The van der Waals surface area contributed by atoms with Gasteiger partial charge in [0, 0.05) is 11.9 Å². The van der Waals surface area contributed by atoms with Gasteiger partial charge in [-0.05, 0) is 23.8 Å². The largest absolute Gasteiger partial charge is 0.464 e. The van der Waals surface area contributed by atoms with Gasteiger partial charge in [0.1, 0.15) is 5.58 Å². The maximum absolute atomic E-state index is 12.8. The molecule has 0 saturated carbocycles. The normalized spacial score (nSPS) is 16.1. The van der Waals surface area contributed by atoms with Crippen molar-refractivity contribution in [2.45, 2.75) is 11.8 Å². The molecular weight excluding hydrogens is 235 g/mol. The molecule has 3 N–H and O–H groups in total. The van der Waals surface area contributed by atoms with Crippen LogP contribution in [-0.2, 0) is 5.60 Å². The molecule has 0 aliphatic rings. The molecule has 1 aromatic heterocycles. The molecule has 1 atom stereocenters. The molecule has 3 nitrogen and oxygen atoms in total. The SMILES string of the molecule is NCC(O)(c1ccc2occc2c1)C(F)(F)F. The molecule has 0 amide bonds. The number of benzene rings is 1. The Bertz CT molecular complexity index is 535. The van der Waals surface area contributed by atoms with Gasteiger partial charge in [-0.2, -0.15) is 13.2 Å². The third-order valence-corrected chi connectivity index (χ3v) is 2.69. The van der Waals surface area contributed by atoms with Gasteiger partial charge in [0.15, 0.2) is 5.60 Å². The molecule has 0 saturated heterocycles. The van der Waals surface area contributed by atoms with Crippen LogP contribution >= 0.6 is 0 Å². The Kier molecular flexibility index (Phi) is 2.63. The Morgan fingerprint density at radius 2 is 1.94 bits per heavy atom. The fourth-order valence-electron chi connectivity index (χ4n) is 1.62. The second-order valence-corrected chi connectivity index (χ2v) is 3.74. The van der Waals surface area contributed by atoms with E-state index in [1.165, 1.54) is 24.5 Å². The number of halogens is 3. The summed E-state index contributed by atoms with van der Waals surface area (Å²) in [7, 11) is 0. The van der Waals surface area contributed by atoms with Gasteiger partial charge >= 0.3 is 6.18 Å². The highest BCUT2D eigenvalue weighted by atomic mass is 19.4. The highest BCUT2D eigenvalue weighted by molar-refractivity contribution is 5.78. The number of rotatable bonds is 2. The summed E-state index contributed by atoms with van der Waals surface area (Å²) < 4.78 is 43.3. The third kappa shape index (κ3) is 1.79. The van der Waals surface area contributed by atoms with Crippen LogP contribution in [0.4, 0.5) is 13.2 Å². The van der Waals surface area contributed by atoms with Crippen LogP contribution in [0.15, 0.2) is 34.9 Å². The Hall–Kier alpha value is -1.53. The van der Waals surface area contributed by atoms with Gasteiger partial charge in [-0.3, -0.25) is 0 Å². The Morgan fingerprint density at radius 1 is 1.24 bits per heavy atom. The molecule has 0 radical (unpaired) electrons. The highest BCUT2D eigenvalue weighted by Crippen LogP contribution is 2.39. The van der Waals surface area contributed by atoms with E-state index in [9.17, 15) is 18.3 Å². The molecular formula is C11H10F3NO2. The zero-order valence-electron chi connectivity index (χ0n) is 8.66. The Balaban J connectivity index is 2.57. The van der Waals surface area contributed by atoms with Crippen LogP contribution in [0.1, 0.15) is 5.56 Å². The second-order valence-electron chi connectivity index (χ2n) is 3.74. The summed E-state index contributed by atoms with van der Waals surface area (Å²) >= 11 is 0. The predicted molar refractivity (Wildman–Crippen MR) is 55.2 cm³/mol. The predicted octanol–water partition coefficient (Wildman–Crippen LogP) is 2.14. The molecule has 0 bridgehead atoms. The van der Waals surface area contributed by atoms with Crippen LogP contribution in [0.3, 0.4) is 0 Å². The smallest absolute Gasteiger partial charge is 0.422 e. The minimum Gasteiger partial charge on any atom is -0.464 e. The lowest BCUT2D eigenvalue weighted by atomic mass is 9.92. The van der Waals surface area contributed by atoms with Crippen molar-refractivity contribution >= 4 is 11.0 Å². The lowest BCUT2D eigenvalue weighted by Gasteiger charge is -2.29. The summed E-state index contributed by atoms with van der Waals surface area (Å²) in [5.41, 5.74) is 2.19. The van der Waals surface area contributed by atoms with Crippen LogP contribution in [-0.4, -0.2) is 17.8 Å². The molecule has 2 rings (SSSR count). The molecule has 0 spiro atoms. The van der Waals surface area contributed by atoms with Crippen molar-refractivity contribution in [1.82, 2.24) is 0 Å². The van der Waals surface area contributed by atoms with Crippen LogP contribution in [0.25, 0.3) is 11.0 Å². The molecule has 0 fully saturated rings. The standard InChI is InChI=1S/C11H10F3NO2/c12-11(13,14)10(16,6-15)8-1-2-9-7(5-8)3-4-17-9/h1-5,16H,6,15H2. The van der Waals surface area contributed by atoms with Crippen LogP contribution in [0, 0.1) is 0 Å². The summed E-state index contributed by atoms with van der Waals surface area (Å²) in [6, 6.07) is 5.27. The number of aliphatic hydroxyl groups is 1. The molecule has 17 heavy (non-hydrogen) atoms. The quantitative estimate of drug-likeness (QED) is 0.852. The fraction of sp³-hybridized carbons (Fsp3) is 0.273. The van der Waals surface area contributed by atoms with Gasteiger partial charge in [0.25, 0.3) is 0 Å². The van der Waals surface area contributed by atoms with Gasteiger partial charge in [-0.15, -0.1) is 0 Å². The fourth-order valence-corrected chi connectivity index (χ4v) is 1.62. The summed E-state index contributed by atoms with van der Waals surface area (Å²) in [6.45, 7) is -0.931. The number of hydrogen-bond donors (Lipinski definition) is 2. The van der Waals surface area contributed by atoms with E-state index in [1.807, 2.05) is 0 Å². The van der Waals surface area contributed by atoms with E-state index in [-0.39, 0.29) is 5.56 Å². The summed E-state index contributed by atoms with van der Waals surface area (Å²) in [6.07, 6.45) is -3.46. The second kappa shape index (κ2) is 3.75. The van der Waals surface area contributed by atoms with Crippen LogP contribution < -0.4 is 5.73 Å². The van der Waals surface area contributed by atoms with Crippen molar-refractivity contribution in [3.63, 3.8) is 0 Å². The Labute approximate surface area is 94.6 Å². The van der Waals surface area contributed by atoms with Crippen LogP contribution in [0.2, 0.25) is 0 Å². The average molecular weight is 245 g/mol. The molecule has 2 aromatic rings. The first-order valence-corrected chi connectivity index (χ1v) is 4.85. The Morgan fingerprint density at radius 3 is 2.53 bits per heavy atom. The lowest BCUT2D eigenvalue weighted by molar-refractivity contribution is -0.262. The molecule has 0 aliphatic carbocycles. The van der Waals surface area contributed by atoms with Crippen molar-refractivity contribution in [3.8, 4) is 0 Å². The first-order chi connectivity index (χ1) is 7.88. The first-order valence-electron chi connectivity index (χ1n) is 4.85. The number of alkyl halides is 3. The number of hydrogen-bond acceptors (Lipinski definition) is 3. The van der Waals surface area contributed by atoms with Gasteiger partial charge in [-0.25, -0.2) is 0 Å². The van der Waals surface area contributed by atoms with Crippen molar-refractivity contribution in [1.29, 1.82) is 0 Å². The van der Waals surface area contributed by atoms with E-state index in [0.717, 1.165) is 6.07 Å². The highest BCUT2D eigenvalue weighted by Gasteiger charge is 2.54. The molecule has 0 aliphatic heterocycles. The van der Waals surface area contributed by atoms with E-state index in [4.69, 9.17) is 10.2 Å². The summed E-state index contributed by atoms with van der Waals surface area (Å²) in [5, 5.41) is 10.1. The molecule has 1 aromatic carbocycles. The first kappa shape index (κ1) is 11.9. The average Bonchev–Trinajstić information content (AvgIpc) is 2.73. The van der Waals surface area contributed by atoms with E-state index >= 15 is 0 Å². The van der Waals surface area contributed by atoms with Gasteiger partial charge in [-0.1, -0.05) is 6.07 Å². The topological polar surface area (TPSA) is 59.4 Å². The number of fused-ring (bicyclic) bond motifs is 1. The van der Waals surface area contributed by atoms with Crippen LogP contribution in [0.5, 0.6) is 0 Å². The van der Waals surface area contributed by atoms with Gasteiger partial charge < -0.3 is 15.3 Å². The van der Waals surface area contributed by atoms with Crippen molar-refractivity contribution in [2.75, 3.05) is 6.54 Å². The monoisotopic (exact) mass is 245 g/mol. The summed E-state index contributed by atoms with van der Waals surface area (Å²) in [4.78, 5) is 0. The summed E-state index contributed by atoms with van der Waals surface area (Å²) in [5.74, 6) is 0. The number of furan rings is 1. The van der Waals surface area contributed by atoms with Gasteiger partial charge in [0.2, 0.25) is 0 Å². The molecule has 1 heterocycles. The van der Waals surface area contributed by atoms with E-state index in [1.54, 1.807) is 0 Å². The van der Waals surface area contributed by atoms with Crippen molar-refractivity contribution in [2.24, 2.45) is 5.73 Å². The van der Waals surface area contributed by atoms with E-state index < -0.39 is 18.3 Å². The lowest BCUT2D eigenvalue weighted by Crippen LogP contribution is -2.48. The maximum Gasteiger partial charge on any atom is 0.422 e. The molecule has 1 unspecified atom stereocenters. The van der Waals surface area contributed by atoms with E-state index in [0.29, 0.717) is 11.0 Å². The maximum atomic E-state index is 12.8. The van der Waals surface area contributed by atoms with Crippen molar-refractivity contribution in [3.05, 3.63) is 36.1 Å². The van der Waals surface area contributed by atoms with Crippen molar-refractivity contribution < 1.29 is 22.7 Å².